The predicted molar refractivity (Wildman–Crippen MR) is 117 cm³/mol. The number of rotatable bonds is 18. The fourth-order valence-electron chi connectivity index (χ4n) is 4.60. The Morgan fingerprint density at radius 1 is 0.630 bits per heavy atom. The summed E-state index contributed by atoms with van der Waals surface area (Å²) in [7, 11) is 0. The molecule has 0 bridgehead atoms. The minimum Gasteiger partial charge on any atom is -0.390 e. The molecule has 0 spiro atoms. The van der Waals surface area contributed by atoms with Crippen LogP contribution in [-0.4, -0.2) is 17.4 Å². The Hall–Kier alpha value is -0.110. The van der Waals surface area contributed by atoms with Gasteiger partial charge >= 0.3 is 0 Å². The van der Waals surface area contributed by atoms with Crippen molar-refractivity contribution < 1.29 is 9.50 Å². The van der Waals surface area contributed by atoms with E-state index in [0.717, 1.165) is 6.42 Å². The monoisotopic (exact) mass is 384 g/mol. The molecule has 1 aliphatic carbocycles. The van der Waals surface area contributed by atoms with Crippen LogP contribution in [-0.2, 0) is 0 Å². The van der Waals surface area contributed by atoms with Crippen LogP contribution in [0.25, 0.3) is 0 Å². The van der Waals surface area contributed by atoms with Crippen LogP contribution in [0.5, 0.6) is 0 Å². The summed E-state index contributed by atoms with van der Waals surface area (Å²) in [4.78, 5) is 0. The van der Waals surface area contributed by atoms with Crippen molar-refractivity contribution in [1.29, 1.82) is 0 Å². The van der Waals surface area contributed by atoms with Crippen LogP contribution in [0.3, 0.4) is 0 Å². The lowest BCUT2D eigenvalue weighted by atomic mass is 9.83. The molecule has 1 rings (SSSR count). The zero-order valence-electron chi connectivity index (χ0n) is 18.4. The molecule has 0 amide bonds. The number of aliphatic hydroxyl groups excluding tert-OH is 1. The maximum atomic E-state index is 13.5. The average Bonchev–Trinajstić information content (AvgIpc) is 2.67. The molecular weight excluding hydrogens is 335 g/mol. The van der Waals surface area contributed by atoms with Gasteiger partial charge in [0.25, 0.3) is 0 Å². The van der Waals surface area contributed by atoms with Crippen molar-refractivity contribution in [2.24, 2.45) is 5.92 Å². The highest BCUT2D eigenvalue weighted by Gasteiger charge is 2.28. The van der Waals surface area contributed by atoms with Gasteiger partial charge in [-0.1, -0.05) is 122 Å². The van der Waals surface area contributed by atoms with Crippen LogP contribution in [0.1, 0.15) is 142 Å². The van der Waals surface area contributed by atoms with Gasteiger partial charge in [0.05, 0.1) is 6.10 Å². The number of aliphatic hydroxyl groups is 1. The van der Waals surface area contributed by atoms with Gasteiger partial charge in [-0.3, -0.25) is 0 Å². The molecule has 0 aromatic carbocycles. The predicted octanol–water partition coefficient (Wildman–Crippen LogP) is 8.53. The maximum Gasteiger partial charge on any atom is 0.126 e. The summed E-state index contributed by atoms with van der Waals surface area (Å²) in [6.07, 6.45) is 25.7. The van der Waals surface area contributed by atoms with E-state index >= 15 is 0 Å². The van der Waals surface area contributed by atoms with Crippen molar-refractivity contribution in [3.8, 4) is 0 Å². The van der Waals surface area contributed by atoms with Crippen LogP contribution in [0.15, 0.2) is 0 Å². The van der Waals surface area contributed by atoms with Crippen molar-refractivity contribution >= 4 is 0 Å². The van der Waals surface area contributed by atoms with E-state index in [2.05, 4.69) is 6.92 Å². The molecule has 1 aliphatic rings. The normalized spacial score (nSPS) is 23.0. The molecule has 1 saturated carbocycles. The summed E-state index contributed by atoms with van der Waals surface area (Å²) in [5, 5.41) is 9.44. The van der Waals surface area contributed by atoms with Gasteiger partial charge in [0.1, 0.15) is 6.17 Å². The fourth-order valence-corrected chi connectivity index (χ4v) is 4.60. The molecule has 162 valence electrons. The van der Waals surface area contributed by atoms with Gasteiger partial charge in [-0.25, -0.2) is 4.39 Å². The molecule has 0 heterocycles. The second kappa shape index (κ2) is 18.0. The van der Waals surface area contributed by atoms with E-state index in [-0.39, 0.29) is 0 Å². The number of hydrogen-bond acceptors (Lipinski definition) is 1. The van der Waals surface area contributed by atoms with Crippen molar-refractivity contribution in [1.82, 2.24) is 0 Å². The molecule has 1 fully saturated rings. The summed E-state index contributed by atoms with van der Waals surface area (Å²) >= 11 is 0. The first-order valence-corrected chi connectivity index (χ1v) is 12.6. The fraction of sp³-hybridized carbons (Fsp3) is 1.00. The lowest BCUT2D eigenvalue weighted by Gasteiger charge is -2.28. The zero-order valence-corrected chi connectivity index (χ0v) is 18.4. The molecule has 27 heavy (non-hydrogen) atoms. The van der Waals surface area contributed by atoms with Crippen molar-refractivity contribution in [2.75, 3.05) is 0 Å². The third-order valence-electron chi connectivity index (χ3n) is 6.56. The minimum atomic E-state index is -0.963. The maximum absolute atomic E-state index is 13.5. The third-order valence-corrected chi connectivity index (χ3v) is 6.56. The molecular formula is C25H49FO. The van der Waals surface area contributed by atoms with Crippen LogP contribution >= 0.6 is 0 Å². The van der Waals surface area contributed by atoms with E-state index in [1.807, 2.05) is 0 Å². The van der Waals surface area contributed by atoms with Crippen molar-refractivity contribution in [3.05, 3.63) is 0 Å². The van der Waals surface area contributed by atoms with Crippen molar-refractivity contribution in [3.63, 3.8) is 0 Å². The summed E-state index contributed by atoms with van der Waals surface area (Å²) < 4.78 is 13.5. The molecule has 3 unspecified atom stereocenters. The second-order valence-electron chi connectivity index (χ2n) is 9.21. The van der Waals surface area contributed by atoms with Crippen LogP contribution in [0, 0.1) is 5.92 Å². The molecule has 1 N–H and O–H groups in total. The summed E-state index contributed by atoms with van der Waals surface area (Å²) in [6, 6.07) is 0. The van der Waals surface area contributed by atoms with Gasteiger partial charge in [-0.05, 0) is 25.2 Å². The minimum absolute atomic E-state index is 0.528. The lowest BCUT2D eigenvalue weighted by Crippen LogP contribution is -2.30. The van der Waals surface area contributed by atoms with Gasteiger partial charge < -0.3 is 5.11 Å². The lowest BCUT2D eigenvalue weighted by molar-refractivity contribution is 0.0225. The van der Waals surface area contributed by atoms with E-state index < -0.39 is 12.3 Å². The highest BCUT2D eigenvalue weighted by Crippen LogP contribution is 2.30. The average molecular weight is 385 g/mol. The number of hydrogen-bond donors (Lipinski definition) is 1. The zero-order chi connectivity index (χ0) is 19.6. The highest BCUT2D eigenvalue weighted by molar-refractivity contribution is 4.79. The first-order valence-electron chi connectivity index (χ1n) is 12.6. The smallest absolute Gasteiger partial charge is 0.126 e. The first-order chi connectivity index (χ1) is 13.2. The number of unbranched alkanes of at least 4 members (excludes halogenated alkanes) is 16. The largest absolute Gasteiger partial charge is 0.390 e. The molecule has 1 nitrogen and oxygen atoms in total. The SMILES string of the molecule is CCCCCCCCCCCCCCCCCCCC1CCC(O)C(F)C1. The van der Waals surface area contributed by atoms with E-state index in [1.54, 1.807) is 0 Å². The summed E-state index contributed by atoms with van der Waals surface area (Å²) in [5.41, 5.74) is 0. The van der Waals surface area contributed by atoms with Gasteiger partial charge in [-0.15, -0.1) is 0 Å². The van der Waals surface area contributed by atoms with E-state index in [0.29, 0.717) is 18.8 Å². The molecule has 0 aromatic heterocycles. The second-order valence-corrected chi connectivity index (χ2v) is 9.21. The molecule has 0 aliphatic heterocycles. The van der Waals surface area contributed by atoms with Crippen LogP contribution in [0.2, 0.25) is 0 Å². The Morgan fingerprint density at radius 2 is 1.04 bits per heavy atom. The quantitative estimate of drug-likeness (QED) is 0.235. The Kier molecular flexibility index (Phi) is 16.6. The molecule has 0 radical (unpaired) electrons. The van der Waals surface area contributed by atoms with Crippen molar-refractivity contribution in [2.45, 2.75) is 154 Å². The number of alkyl halides is 1. The molecule has 2 heteroatoms. The molecule has 3 atom stereocenters. The van der Waals surface area contributed by atoms with Gasteiger partial charge in [0, 0.05) is 0 Å². The van der Waals surface area contributed by atoms with E-state index in [1.165, 1.54) is 116 Å². The topological polar surface area (TPSA) is 20.2 Å². The number of halogens is 1. The first kappa shape index (κ1) is 24.9. The van der Waals surface area contributed by atoms with Gasteiger partial charge in [-0.2, -0.15) is 0 Å². The van der Waals surface area contributed by atoms with Crippen LogP contribution in [0.4, 0.5) is 4.39 Å². The van der Waals surface area contributed by atoms with Gasteiger partial charge in [0.2, 0.25) is 0 Å². The van der Waals surface area contributed by atoms with Crippen LogP contribution < -0.4 is 0 Å². The Balaban J connectivity index is 1.71. The van der Waals surface area contributed by atoms with E-state index in [9.17, 15) is 9.50 Å². The third kappa shape index (κ3) is 14.5. The molecule has 0 saturated heterocycles. The standard InChI is InChI=1S/C25H49FO/c1-2-3-4-5-6-7-8-9-10-11-12-13-14-15-16-17-18-19-23-20-21-25(27)24(26)22-23/h23-25,27H,2-22H2,1H3. The summed E-state index contributed by atoms with van der Waals surface area (Å²) in [5.74, 6) is 0.528. The molecule has 0 aromatic rings. The van der Waals surface area contributed by atoms with Gasteiger partial charge in [0.15, 0.2) is 0 Å². The Morgan fingerprint density at radius 3 is 1.44 bits per heavy atom. The Bertz CT molecular complexity index is 307. The highest BCUT2D eigenvalue weighted by atomic mass is 19.1. The Labute approximate surface area is 169 Å². The van der Waals surface area contributed by atoms with E-state index in [4.69, 9.17) is 0 Å². The summed E-state index contributed by atoms with van der Waals surface area (Å²) in [6.45, 7) is 2.29.